The van der Waals surface area contributed by atoms with Crippen LogP contribution in [0.25, 0.3) is 0 Å². The summed E-state index contributed by atoms with van der Waals surface area (Å²) in [6.45, 7) is 3.33. The summed E-state index contributed by atoms with van der Waals surface area (Å²) < 4.78 is 0. The predicted octanol–water partition coefficient (Wildman–Crippen LogP) is 1.30. The number of carbonyl (C=O) groups excluding carboxylic acids is 2. The normalized spacial score (nSPS) is 9.07. The van der Waals surface area contributed by atoms with Gasteiger partial charge in [-0.1, -0.05) is 12.6 Å². The van der Waals surface area contributed by atoms with Crippen molar-refractivity contribution in [2.24, 2.45) is 5.73 Å². The molecule has 15 heavy (non-hydrogen) atoms. The van der Waals surface area contributed by atoms with E-state index in [9.17, 15) is 9.59 Å². The smallest absolute Gasteiger partial charge is 0.316 e. The Morgan fingerprint density at radius 2 is 1.87 bits per heavy atom. The maximum Gasteiger partial charge on any atom is 0.316 e. The van der Waals surface area contributed by atoms with Gasteiger partial charge in [0.05, 0.1) is 0 Å². The molecule has 0 unspecified atom stereocenters. The van der Waals surface area contributed by atoms with Crippen molar-refractivity contribution in [3.63, 3.8) is 0 Å². The van der Waals surface area contributed by atoms with Crippen molar-refractivity contribution in [1.29, 1.82) is 0 Å². The number of nitrogens with two attached hydrogens (primary N) is 1. The van der Waals surface area contributed by atoms with Crippen molar-refractivity contribution in [1.82, 2.24) is 0 Å². The highest BCUT2D eigenvalue weighted by molar-refractivity contribution is 5.99. The molecule has 0 bridgehead atoms. The summed E-state index contributed by atoms with van der Waals surface area (Å²) in [5.74, 6) is -0.314. The number of nitrogens with one attached hydrogen (secondary N) is 2. The maximum atomic E-state index is 11.0. The molecule has 0 aliphatic carbocycles. The third-order valence-electron chi connectivity index (χ3n) is 1.58. The van der Waals surface area contributed by atoms with Crippen LogP contribution in [0.1, 0.15) is 0 Å². The molecule has 0 saturated carbocycles. The van der Waals surface area contributed by atoms with Crippen LogP contribution in [-0.2, 0) is 4.79 Å². The highest BCUT2D eigenvalue weighted by Gasteiger charge is 1.99. The van der Waals surface area contributed by atoms with Crippen molar-refractivity contribution in [2.45, 2.75) is 0 Å². The minimum absolute atomic E-state index is 0.314. The predicted molar refractivity (Wildman–Crippen MR) is 58.5 cm³/mol. The summed E-state index contributed by atoms with van der Waals surface area (Å²) in [5.41, 5.74) is 6.03. The Balaban J connectivity index is 2.78. The quantitative estimate of drug-likeness (QED) is 0.650. The van der Waals surface area contributed by atoms with E-state index in [2.05, 4.69) is 17.2 Å². The Bertz CT molecular complexity index is 401. The molecule has 0 heterocycles. The summed E-state index contributed by atoms with van der Waals surface area (Å²) >= 11 is 0. The number of hydrogen-bond acceptors (Lipinski definition) is 2. The molecule has 0 fully saturated rings. The summed E-state index contributed by atoms with van der Waals surface area (Å²) in [7, 11) is 0. The summed E-state index contributed by atoms with van der Waals surface area (Å²) in [5, 5.41) is 4.95. The molecule has 5 nitrogen and oxygen atoms in total. The van der Waals surface area contributed by atoms with Gasteiger partial charge in [0.2, 0.25) is 5.91 Å². The Morgan fingerprint density at radius 3 is 2.40 bits per heavy atom. The Morgan fingerprint density at radius 1 is 1.27 bits per heavy atom. The van der Waals surface area contributed by atoms with Gasteiger partial charge in [-0.2, -0.15) is 0 Å². The summed E-state index contributed by atoms with van der Waals surface area (Å²) in [6, 6.07) is 5.97. The van der Waals surface area contributed by atoms with Crippen LogP contribution >= 0.6 is 0 Å². The van der Waals surface area contributed by atoms with Gasteiger partial charge in [-0.25, -0.2) is 4.79 Å². The summed E-state index contributed by atoms with van der Waals surface area (Å²) in [6.07, 6.45) is 1.16. The van der Waals surface area contributed by atoms with Gasteiger partial charge >= 0.3 is 6.03 Å². The van der Waals surface area contributed by atoms with Gasteiger partial charge in [-0.05, 0) is 24.3 Å². The first kappa shape index (κ1) is 10.8. The molecule has 1 rings (SSSR count). The number of urea groups is 1. The third kappa shape index (κ3) is 3.51. The number of benzene rings is 1. The van der Waals surface area contributed by atoms with Crippen molar-refractivity contribution in [2.75, 3.05) is 10.6 Å². The molecule has 1 aromatic rings. The van der Waals surface area contributed by atoms with Crippen LogP contribution in [0.15, 0.2) is 36.9 Å². The van der Waals surface area contributed by atoms with Crippen molar-refractivity contribution >= 4 is 23.3 Å². The Kier molecular flexibility index (Phi) is 3.45. The van der Waals surface area contributed by atoms with Crippen LogP contribution in [0.2, 0.25) is 0 Å². The Labute approximate surface area is 87.0 Å². The van der Waals surface area contributed by atoms with Gasteiger partial charge in [-0.15, -0.1) is 0 Å². The molecule has 0 saturated heterocycles. The molecular formula is C10H11N3O2. The molecule has 0 aliphatic rings. The zero-order valence-electron chi connectivity index (χ0n) is 7.99. The van der Waals surface area contributed by atoms with E-state index in [1.165, 1.54) is 0 Å². The number of primary amides is 1. The fraction of sp³-hybridized carbons (Fsp3) is 0. The molecule has 0 radical (unpaired) electrons. The van der Waals surface area contributed by atoms with Crippen LogP contribution in [0, 0.1) is 0 Å². The van der Waals surface area contributed by atoms with Gasteiger partial charge in [0.25, 0.3) is 0 Å². The molecule has 0 aromatic heterocycles. The number of hydrogen-bond donors (Lipinski definition) is 3. The van der Waals surface area contributed by atoms with E-state index in [1.54, 1.807) is 24.3 Å². The molecule has 0 spiro atoms. The second-order valence-corrected chi connectivity index (χ2v) is 2.76. The first-order valence-corrected chi connectivity index (χ1v) is 4.22. The van der Waals surface area contributed by atoms with Gasteiger partial charge in [-0.3, -0.25) is 4.79 Å². The third-order valence-corrected chi connectivity index (χ3v) is 1.58. The molecule has 3 amide bonds. The fourth-order valence-corrected chi connectivity index (χ4v) is 1.01. The standard InChI is InChI=1S/C10H11N3O2/c1-2-9(14)12-7-4-3-5-8(6-7)13-10(11)15/h2-6H,1H2,(H,12,14)(H3,11,13,15). The molecule has 5 heteroatoms. The molecule has 1 aromatic carbocycles. The van der Waals surface area contributed by atoms with Crippen molar-refractivity contribution in [3.8, 4) is 0 Å². The number of amides is 3. The van der Waals surface area contributed by atoms with E-state index in [-0.39, 0.29) is 5.91 Å². The molecule has 0 aliphatic heterocycles. The van der Waals surface area contributed by atoms with Crippen LogP contribution < -0.4 is 16.4 Å². The fourth-order valence-electron chi connectivity index (χ4n) is 1.01. The maximum absolute atomic E-state index is 11.0. The average molecular weight is 205 g/mol. The Hall–Kier alpha value is -2.30. The lowest BCUT2D eigenvalue weighted by Gasteiger charge is -2.05. The number of anilines is 2. The minimum Gasteiger partial charge on any atom is -0.351 e. The van der Waals surface area contributed by atoms with Gasteiger partial charge in [0, 0.05) is 11.4 Å². The van der Waals surface area contributed by atoms with Gasteiger partial charge < -0.3 is 16.4 Å². The molecular weight excluding hydrogens is 194 g/mol. The minimum atomic E-state index is -0.651. The molecule has 4 N–H and O–H groups in total. The lowest BCUT2D eigenvalue weighted by molar-refractivity contribution is -0.111. The highest BCUT2D eigenvalue weighted by Crippen LogP contribution is 2.14. The van der Waals surface area contributed by atoms with E-state index < -0.39 is 6.03 Å². The monoisotopic (exact) mass is 205 g/mol. The first-order chi connectivity index (χ1) is 7.11. The van der Waals surface area contributed by atoms with Crippen molar-refractivity contribution in [3.05, 3.63) is 36.9 Å². The second-order valence-electron chi connectivity index (χ2n) is 2.76. The zero-order chi connectivity index (χ0) is 11.3. The number of rotatable bonds is 3. The van der Waals surface area contributed by atoms with Crippen LogP contribution in [0.3, 0.4) is 0 Å². The van der Waals surface area contributed by atoms with Gasteiger partial charge in [0.1, 0.15) is 0 Å². The second kappa shape index (κ2) is 4.80. The SMILES string of the molecule is C=CC(=O)Nc1cccc(NC(N)=O)c1. The van der Waals surface area contributed by atoms with Gasteiger partial charge in [0.15, 0.2) is 0 Å². The first-order valence-electron chi connectivity index (χ1n) is 4.22. The molecule has 78 valence electrons. The van der Waals surface area contributed by atoms with Crippen LogP contribution in [0.4, 0.5) is 16.2 Å². The summed E-state index contributed by atoms with van der Waals surface area (Å²) in [4.78, 5) is 21.5. The average Bonchev–Trinajstić information content (AvgIpc) is 2.17. The number of carbonyl (C=O) groups is 2. The van der Waals surface area contributed by atoms with Crippen LogP contribution in [-0.4, -0.2) is 11.9 Å². The van der Waals surface area contributed by atoms with E-state index in [0.29, 0.717) is 11.4 Å². The topological polar surface area (TPSA) is 84.2 Å². The van der Waals surface area contributed by atoms with Crippen molar-refractivity contribution < 1.29 is 9.59 Å². The van der Waals surface area contributed by atoms with E-state index >= 15 is 0 Å². The van der Waals surface area contributed by atoms with E-state index in [4.69, 9.17) is 5.73 Å². The zero-order valence-corrected chi connectivity index (χ0v) is 7.99. The van der Waals surface area contributed by atoms with Crippen LogP contribution in [0.5, 0.6) is 0 Å². The van der Waals surface area contributed by atoms with E-state index in [0.717, 1.165) is 6.08 Å². The lowest BCUT2D eigenvalue weighted by atomic mass is 10.2. The highest BCUT2D eigenvalue weighted by atomic mass is 16.2. The lowest BCUT2D eigenvalue weighted by Crippen LogP contribution is -2.19. The largest absolute Gasteiger partial charge is 0.351 e. The molecule has 0 atom stereocenters. The van der Waals surface area contributed by atoms with E-state index in [1.807, 2.05) is 0 Å².